The quantitative estimate of drug-likeness (QED) is 0.235. The van der Waals surface area contributed by atoms with E-state index in [1.807, 2.05) is 20.9 Å². The Bertz CT molecular complexity index is 1400. The van der Waals surface area contributed by atoms with Crippen molar-refractivity contribution >= 4 is 34.9 Å². The predicted octanol–water partition coefficient (Wildman–Crippen LogP) is 4.50. The third kappa shape index (κ3) is 10.8. The number of nitrogens with one attached hydrogen (secondary N) is 1. The number of aromatic nitrogens is 3. The molecule has 2 aromatic rings. The highest BCUT2D eigenvalue weighted by molar-refractivity contribution is 7.09. The topological polar surface area (TPSA) is 144 Å². The average molecular weight is 699 g/mol. The van der Waals surface area contributed by atoms with Crippen LogP contribution in [0, 0.1) is 23.7 Å². The van der Waals surface area contributed by atoms with E-state index < -0.39 is 18.0 Å². The monoisotopic (exact) mass is 698 g/mol. The second kappa shape index (κ2) is 18.1. The SMILES string of the molecule is CC(=O)O[C@H](C[C@H](C(C)C)N(C)C(=O)[C@@H](CC(=O)[C@H]1CCCCN1C)C1COC1)c1nc(C(=O)N[C@@H](Cc2ncccn2)CC(C)C)cs1. The molecule has 2 fully saturated rings. The zero-order chi connectivity index (χ0) is 35.7. The van der Waals surface area contributed by atoms with Gasteiger partial charge in [0, 0.05) is 69.0 Å². The highest BCUT2D eigenvalue weighted by Crippen LogP contribution is 2.33. The number of Topliss-reactive ketones (excluding diaryl/α,β-unsaturated/α-hetero) is 1. The third-order valence-electron chi connectivity index (χ3n) is 9.66. The van der Waals surface area contributed by atoms with Gasteiger partial charge in [0.25, 0.3) is 5.91 Å². The zero-order valence-corrected chi connectivity index (χ0v) is 30.9. The fraction of sp³-hybridized carbons (Fsp3) is 0.694. The van der Waals surface area contributed by atoms with Gasteiger partial charge in [0.15, 0.2) is 11.9 Å². The van der Waals surface area contributed by atoms with E-state index in [0.29, 0.717) is 42.8 Å². The van der Waals surface area contributed by atoms with Gasteiger partial charge in [0.05, 0.1) is 25.2 Å². The summed E-state index contributed by atoms with van der Waals surface area (Å²) in [4.78, 5) is 70.5. The first-order chi connectivity index (χ1) is 23.3. The zero-order valence-electron chi connectivity index (χ0n) is 30.1. The normalized spacial score (nSPS) is 19.5. The van der Waals surface area contributed by atoms with Crippen LogP contribution in [-0.4, -0.2) is 100 Å². The maximum atomic E-state index is 14.2. The molecule has 2 amide bonds. The van der Waals surface area contributed by atoms with Crippen molar-refractivity contribution in [3.8, 4) is 0 Å². The summed E-state index contributed by atoms with van der Waals surface area (Å²) < 4.78 is 11.3. The Hall–Kier alpha value is -3.29. The molecule has 2 aromatic heterocycles. The molecular formula is C36H54N6O6S. The molecule has 2 saturated heterocycles. The molecule has 2 aliphatic rings. The third-order valence-corrected chi connectivity index (χ3v) is 10.6. The van der Waals surface area contributed by atoms with Gasteiger partial charge < -0.3 is 19.7 Å². The summed E-state index contributed by atoms with van der Waals surface area (Å²) in [6.07, 6.45) is 7.23. The molecule has 1 N–H and O–H groups in total. The van der Waals surface area contributed by atoms with Crippen molar-refractivity contribution < 1.29 is 28.7 Å². The number of likely N-dealkylation sites (N-methyl/N-ethyl adjacent to an activating group) is 1. The summed E-state index contributed by atoms with van der Waals surface area (Å²) >= 11 is 1.25. The second-order valence-electron chi connectivity index (χ2n) is 14.4. The number of nitrogens with zero attached hydrogens (tertiary/aromatic N) is 5. The standard InChI is InChI=1S/C36H54N6O6S/c1-22(2)15-26(16-33-37-12-10-13-38-33)39-34(45)28-21-49-35(40-28)32(48-24(5)43)18-30(23(3)4)42(7)36(46)27(25-19-47-20-25)17-31(44)29-11-8-9-14-41(29)6/h10,12-13,21-23,25-27,29-30,32H,8-9,11,14-20H2,1-7H3,(H,39,45)/t26-,27+,29-,30-,32-/m1/s1. The molecule has 0 aliphatic carbocycles. The summed E-state index contributed by atoms with van der Waals surface area (Å²) in [5.41, 5.74) is 0.238. The molecule has 0 spiro atoms. The molecule has 0 radical (unpaired) electrons. The molecule has 13 heteroatoms. The lowest BCUT2D eigenvalue weighted by atomic mass is 9.82. The Morgan fingerprint density at radius 3 is 2.41 bits per heavy atom. The van der Waals surface area contributed by atoms with Crippen LogP contribution in [0.15, 0.2) is 23.8 Å². The summed E-state index contributed by atoms with van der Waals surface area (Å²) in [6.45, 7) is 11.4. The predicted molar refractivity (Wildman–Crippen MR) is 187 cm³/mol. The number of carbonyl (C=O) groups excluding carboxylic acids is 4. The number of hydrogen-bond acceptors (Lipinski definition) is 11. The molecule has 2 aliphatic heterocycles. The van der Waals surface area contributed by atoms with Crippen molar-refractivity contribution in [3.05, 3.63) is 40.4 Å². The Morgan fingerprint density at radius 1 is 1.10 bits per heavy atom. The maximum absolute atomic E-state index is 14.2. The Kier molecular flexibility index (Phi) is 14.2. The Balaban J connectivity index is 1.49. The van der Waals surface area contributed by atoms with Crippen LogP contribution in [0.1, 0.15) is 101 Å². The van der Waals surface area contributed by atoms with Crippen LogP contribution in [0.25, 0.3) is 0 Å². The van der Waals surface area contributed by atoms with Gasteiger partial charge in [0.1, 0.15) is 16.5 Å². The smallest absolute Gasteiger partial charge is 0.303 e. The van der Waals surface area contributed by atoms with Crippen molar-refractivity contribution in [2.45, 2.75) is 104 Å². The minimum Gasteiger partial charge on any atom is -0.455 e. The second-order valence-corrected chi connectivity index (χ2v) is 15.3. The van der Waals surface area contributed by atoms with Gasteiger partial charge in [-0.25, -0.2) is 15.0 Å². The summed E-state index contributed by atoms with van der Waals surface area (Å²) in [7, 11) is 3.76. The van der Waals surface area contributed by atoms with Crippen LogP contribution in [-0.2, 0) is 30.3 Å². The first-order valence-corrected chi connectivity index (χ1v) is 18.5. The van der Waals surface area contributed by atoms with Crippen molar-refractivity contribution in [1.82, 2.24) is 30.1 Å². The van der Waals surface area contributed by atoms with Crippen LogP contribution in [0.4, 0.5) is 0 Å². The minimum atomic E-state index is -0.765. The number of piperidine rings is 1. The molecule has 270 valence electrons. The van der Waals surface area contributed by atoms with E-state index in [1.54, 1.807) is 35.8 Å². The number of thiazole rings is 1. The van der Waals surface area contributed by atoms with Crippen LogP contribution < -0.4 is 5.32 Å². The largest absolute Gasteiger partial charge is 0.455 e. The molecule has 0 aromatic carbocycles. The molecule has 0 bridgehead atoms. The van der Waals surface area contributed by atoms with E-state index in [4.69, 9.17) is 9.47 Å². The number of ether oxygens (including phenoxy) is 2. The lowest BCUT2D eigenvalue weighted by Crippen LogP contribution is -2.51. The lowest BCUT2D eigenvalue weighted by Gasteiger charge is -2.40. The first kappa shape index (κ1) is 38.5. The van der Waals surface area contributed by atoms with E-state index in [1.165, 1.54) is 18.3 Å². The number of hydrogen-bond donors (Lipinski definition) is 1. The van der Waals surface area contributed by atoms with Gasteiger partial charge >= 0.3 is 5.97 Å². The van der Waals surface area contributed by atoms with Crippen LogP contribution in [0.3, 0.4) is 0 Å². The van der Waals surface area contributed by atoms with Crippen molar-refractivity contribution in [1.29, 1.82) is 0 Å². The summed E-state index contributed by atoms with van der Waals surface area (Å²) in [6, 6.07) is 1.09. The van der Waals surface area contributed by atoms with E-state index >= 15 is 0 Å². The van der Waals surface area contributed by atoms with Gasteiger partial charge in [0.2, 0.25) is 5.91 Å². The van der Waals surface area contributed by atoms with E-state index in [0.717, 1.165) is 32.2 Å². The van der Waals surface area contributed by atoms with Gasteiger partial charge in [-0.1, -0.05) is 34.1 Å². The summed E-state index contributed by atoms with van der Waals surface area (Å²) in [5.74, 6) is -0.291. The molecule has 0 unspecified atom stereocenters. The van der Waals surface area contributed by atoms with Gasteiger partial charge in [-0.3, -0.25) is 24.1 Å². The molecule has 12 nitrogen and oxygen atoms in total. The molecule has 5 atom stereocenters. The number of amides is 2. The molecule has 4 heterocycles. The van der Waals surface area contributed by atoms with Gasteiger partial charge in [-0.15, -0.1) is 11.3 Å². The van der Waals surface area contributed by atoms with Gasteiger partial charge in [-0.2, -0.15) is 0 Å². The van der Waals surface area contributed by atoms with Crippen LogP contribution in [0.2, 0.25) is 0 Å². The van der Waals surface area contributed by atoms with Crippen LogP contribution in [0.5, 0.6) is 0 Å². The van der Waals surface area contributed by atoms with E-state index in [-0.39, 0.29) is 59.7 Å². The Morgan fingerprint density at radius 2 is 1.82 bits per heavy atom. The van der Waals surface area contributed by atoms with Crippen molar-refractivity contribution in [2.24, 2.45) is 23.7 Å². The molecule has 0 saturated carbocycles. The first-order valence-electron chi connectivity index (χ1n) is 17.6. The highest BCUT2D eigenvalue weighted by atomic mass is 32.1. The fourth-order valence-electron chi connectivity index (χ4n) is 6.92. The molecule has 49 heavy (non-hydrogen) atoms. The van der Waals surface area contributed by atoms with E-state index in [9.17, 15) is 19.2 Å². The number of rotatable bonds is 17. The van der Waals surface area contributed by atoms with Crippen molar-refractivity contribution in [2.75, 3.05) is 33.9 Å². The number of ketones is 1. The Labute approximate surface area is 294 Å². The lowest BCUT2D eigenvalue weighted by molar-refractivity contribution is -0.153. The van der Waals surface area contributed by atoms with Crippen LogP contribution >= 0.6 is 11.3 Å². The molecule has 4 rings (SSSR count). The fourth-order valence-corrected chi connectivity index (χ4v) is 7.75. The number of esters is 1. The van der Waals surface area contributed by atoms with Crippen molar-refractivity contribution in [3.63, 3.8) is 0 Å². The molecular weight excluding hydrogens is 644 g/mol. The minimum absolute atomic E-state index is 0.00482. The average Bonchev–Trinajstić information content (AvgIpc) is 3.52. The highest BCUT2D eigenvalue weighted by Gasteiger charge is 2.41. The van der Waals surface area contributed by atoms with E-state index in [2.05, 4.69) is 39.0 Å². The summed E-state index contributed by atoms with van der Waals surface area (Å²) in [5, 5.41) is 5.26. The van der Waals surface area contributed by atoms with Gasteiger partial charge in [-0.05, 0) is 50.8 Å². The maximum Gasteiger partial charge on any atom is 0.303 e. The number of carbonyl (C=O) groups is 4. The number of likely N-dealkylation sites (tertiary alicyclic amines) is 1.